The molecule has 28 heavy (non-hydrogen) atoms. The van der Waals surface area contributed by atoms with E-state index in [1.165, 1.54) is 11.1 Å². The van der Waals surface area contributed by atoms with Crippen molar-refractivity contribution < 1.29 is 14.3 Å². The summed E-state index contributed by atoms with van der Waals surface area (Å²) in [6.07, 6.45) is 4.30. The molecule has 2 fully saturated rings. The number of nitrogens with zero attached hydrogens (tertiary/aromatic N) is 1. The van der Waals surface area contributed by atoms with Crippen LogP contribution in [0.5, 0.6) is 0 Å². The van der Waals surface area contributed by atoms with Crippen LogP contribution in [0.1, 0.15) is 36.8 Å². The van der Waals surface area contributed by atoms with Crippen molar-refractivity contribution in [3.63, 3.8) is 0 Å². The van der Waals surface area contributed by atoms with E-state index in [2.05, 4.69) is 48.5 Å². The van der Waals surface area contributed by atoms with Crippen molar-refractivity contribution in [2.45, 2.75) is 37.2 Å². The van der Waals surface area contributed by atoms with Crippen LogP contribution in [0.3, 0.4) is 0 Å². The van der Waals surface area contributed by atoms with Gasteiger partial charge in [-0.25, -0.2) is 0 Å². The second-order valence-electron chi connectivity index (χ2n) is 7.88. The molecule has 4 nitrogen and oxygen atoms in total. The zero-order valence-corrected chi connectivity index (χ0v) is 16.4. The Balaban J connectivity index is 1.49. The summed E-state index contributed by atoms with van der Waals surface area (Å²) in [6, 6.07) is 21.2. The second kappa shape index (κ2) is 8.89. The summed E-state index contributed by atoms with van der Waals surface area (Å²) in [6.45, 7) is 2.96. The molecule has 0 saturated carbocycles. The molecule has 2 heterocycles. The van der Waals surface area contributed by atoms with Gasteiger partial charge in [-0.05, 0) is 36.8 Å². The molecule has 2 aliphatic rings. The van der Waals surface area contributed by atoms with Crippen LogP contribution < -0.4 is 0 Å². The van der Waals surface area contributed by atoms with Gasteiger partial charge >= 0.3 is 0 Å². The lowest BCUT2D eigenvalue weighted by atomic mass is 9.69. The quantitative estimate of drug-likeness (QED) is 0.766. The van der Waals surface area contributed by atoms with Gasteiger partial charge in [-0.2, -0.15) is 0 Å². The zero-order valence-electron chi connectivity index (χ0n) is 16.4. The first-order valence-electron chi connectivity index (χ1n) is 10.4. The number of hydrogen-bond acceptors (Lipinski definition) is 3. The monoisotopic (exact) mass is 379 g/mol. The minimum Gasteiger partial charge on any atom is -0.376 e. The Morgan fingerprint density at radius 1 is 1.04 bits per heavy atom. The molecular weight excluding hydrogens is 350 g/mol. The fourth-order valence-corrected chi connectivity index (χ4v) is 4.57. The van der Waals surface area contributed by atoms with E-state index in [4.69, 9.17) is 9.47 Å². The Labute approximate surface area is 167 Å². The molecule has 0 aliphatic carbocycles. The molecule has 2 aromatic rings. The van der Waals surface area contributed by atoms with Crippen molar-refractivity contribution in [3.05, 3.63) is 71.8 Å². The SMILES string of the molecule is O=C(COC[C@@H]1CCCO1)N1CCCC(c2ccccc2)(c2ccccc2)C1. The fraction of sp³-hybridized carbons (Fsp3) is 0.458. The molecule has 148 valence electrons. The van der Waals surface area contributed by atoms with Crippen LogP contribution in [0, 0.1) is 0 Å². The third-order valence-electron chi connectivity index (χ3n) is 6.05. The summed E-state index contributed by atoms with van der Waals surface area (Å²) in [5.74, 6) is 0.0777. The third kappa shape index (κ3) is 4.13. The molecule has 0 N–H and O–H groups in total. The van der Waals surface area contributed by atoms with Gasteiger partial charge < -0.3 is 14.4 Å². The van der Waals surface area contributed by atoms with Crippen molar-refractivity contribution in [1.29, 1.82) is 0 Å². The number of carbonyl (C=O) groups is 1. The minimum atomic E-state index is -0.162. The molecule has 2 saturated heterocycles. The molecule has 0 unspecified atom stereocenters. The van der Waals surface area contributed by atoms with Crippen molar-refractivity contribution in [2.24, 2.45) is 0 Å². The van der Waals surface area contributed by atoms with E-state index in [0.717, 1.165) is 38.8 Å². The highest BCUT2D eigenvalue weighted by Crippen LogP contribution is 2.40. The molecule has 2 aliphatic heterocycles. The number of likely N-dealkylation sites (tertiary alicyclic amines) is 1. The van der Waals surface area contributed by atoms with E-state index in [0.29, 0.717) is 13.2 Å². The highest BCUT2D eigenvalue weighted by Gasteiger charge is 2.40. The van der Waals surface area contributed by atoms with Gasteiger partial charge in [0, 0.05) is 25.1 Å². The number of amides is 1. The van der Waals surface area contributed by atoms with Gasteiger partial charge in [-0.15, -0.1) is 0 Å². The first-order valence-corrected chi connectivity index (χ1v) is 10.4. The van der Waals surface area contributed by atoms with Gasteiger partial charge in [-0.1, -0.05) is 60.7 Å². The average molecular weight is 380 g/mol. The standard InChI is InChI=1S/C24H29NO3/c26-23(18-27-17-22-13-7-16-28-22)25-15-8-14-24(19-25,20-9-3-1-4-10-20)21-11-5-2-6-12-21/h1-6,9-12,22H,7-8,13-19H2/t22-/m0/s1. The molecule has 1 atom stereocenters. The van der Waals surface area contributed by atoms with Crippen molar-refractivity contribution in [3.8, 4) is 0 Å². The lowest BCUT2D eigenvalue weighted by Crippen LogP contribution is -2.50. The first kappa shape index (κ1) is 19.2. The predicted molar refractivity (Wildman–Crippen MR) is 109 cm³/mol. The number of benzene rings is 2. The van der Waals surface area contributed by atoms with E-state index in [1.807, 2.05) is 17.0 Å². The maximum atomic E-state index is 12.9. The molecule has 0 radical (unpaired) electrons. The molecule has 1 amide bonds. The topological polar surface area (TPSA) is 38.8 Å². The lowest BCUT2D eigenvalue weighted by molar-refractivity contribution is -0.139. The van der Waals surface area contributed by atoms with Crippen molar-refractivity contribution in [2.75, 3.05) is 32.9 Å². The molecule has 0 aromatic heterocycles. The van der Waals surface area contributed by atoms with Gasteiger partial charge in [0.25, 0.3) is 0 Å². The highest BCUT2D eigenvalue weighted by molar-refractivity contribution is 5.78. The summed E-state index contributed by atoms with van der Waals surface area (Å²) in [5.41, 5.74) is 2.39. The van der Waals surface area contributed by atoms with Gasteiger partial charge in [0.2, 0.25) is 5.91 Å². The van der Waals surface area contributed by atoms with Crippen LogP contribution >= 0.6 is 0 Å². The fourth-order valence-electron chi connectivity index (χ4n) is 4.57. The zero-order chi connectivity index (χ0) is 19.2. The van der Waals surface area contributed by atoms with Crippen LogP contribution in [0.2, 0.25) is 0 Å². The molecule has 2 aromatic carbocycles. The Bertz CT molecular complexity index is 716. The summed E-state index contributed by atoms with van der Waals surface area (Å²) in [4.78, 5) is 14.9. The molecule has 4 rings (SSSR count). The normalized spacial score (nSPS) is 21.6. The Kier molecular flexibility index (Phi) is 6.08. The predicted octanol–water partition coefficient (Wildman–Crippen LogP) is 3.79. The first-order chi connectivity index (χ1) is 13.8. The number of carbonyl (C=O) groups excluding carboxylic acids is 1. The van der Waals surface area contributed by atoms with Crippen LogP contribution in [0.15, 0.2) is 60.7 Å². The van der Waals surface area contributed by atoms with Crippen molar-refractivity contribution in [1.82, 2.24) is 4.90 Å². The summed E-state index contributed by atoms with van der Waals surface area (Å²) >= 11 is 0. The number of hydrogen-bond donors (Lipinski definition) is 0. The Morgan fingerprint density at radius 2 is 1.71 bits per heavy atom. The van der Waals surface area contributed by atoms with Crippen molar-refractivity contribution >= 4 is 5.91 Å². The minimum absolute atomic E-state index is 0.0777. The second-order valence-corrected chi connectivity index (χ2v) is 7.88. The Hall–Kier alpha value is -2.17. The third-order valence-corrected chi connectivity index (χ3v) is 6.05. The smallest absolute Gasteiger partial charge is 0.248 e. The largest absolute Gasteiger partial charge is 0.376 e. The van der Waals surface area contributed by atoms with Crippen LogP contribution in [0.4, 0.5) is 0 Å². The molecular formula is C24H29NO3. The number of ether oxygens (including phenoxy) is 2. The maximum absolute atomic E-state index is 12.9. The molecule has 0 spiro atoms. The van der Waals surface area contributed by atoms with Gasteiger partial charge in [0.05, 0.1) is 12.7 Å². The van der Waals surface area contributed by atoms with Crippen LogP contribution in [0.25, 0.3) is 0 Å². The lowest BCUT2D eigenvalue weighted by Gasteiger charge is -2.44. The summed E-state index contributed by atoms with van der Waals surface area (Å²) in [7, 11) is 0. The van der Waals surface area contributed by atoms with Gasteiger partial charge in [-0.3, -0.25) is 4.79 Å². The van der Waals surface area contributed by atoms with E-state index in [9.17, 15) is 4.79 Å². The van der Waals surface area contributed by atoms with E-state index < -0.39 is 0 Å². The van der Waals surface area contributed by atoms with Crippen LogP contribution in [-0.4, -0.2) is 49.8 Å². The average Bonchev–Trinajstić information content (AvgIpc) is 3.28. The van der Waals surface area contributed by atoms with E-state index in [1.54, 1.807) is 0 Å². The summed E-state index contributed by atoms with van der Waals surface area (Å²) in [5, 5.41) is 0. The van der Waals surface area contributed by atoms with Gasteiger partial charge in [0.15, 0.2) is 0 Å². The Morgan fingerprint density at radius 3 is 2.32 bits per heavy atom. The van der Waals surface area contributed by atoms with E-state index in [-0.39, 0.29) is 24.0 Å². The molecule has 0 bridgehead atoms. The van der Waals surface area contributed by atoms with E-state index >= 15 is 0 Å². The van der Waals surface area contributed by atoms with Gasteiger partial charge in [0.1, 0.15) is 6.61 Å². The number of piperidine rings is 1. The number of rotatable bonds is 6. The highest BCUT2D eigenvalue weighted by atomic mass is 16.5. The van der Waals surface area contributed by atoms with Crippen LogP contribution in [-0.2, 0) is 19.7 Å². The summed E-state index contributed by atoms with van der Waals surface area (Å²) < 4.78 is 11.3. The maximum Gasteiger partial charge on any atom is 0.248 e. The molecule has 4 heteroatoms.